The minimum absolute atomic E-state index is 0.0170. The second kappa shape index (κ2) is 10.00. The maximum Gasteiger partial charge on any atom is 0.201 e. The molecule has 5 nitrogen and oxygen atoms in total. The number of hydrogen-bond acceptors (Lipinski definition) is 7. The summed E-state index contributed by atoms with van der Waals surface area (Å²) in [5.41, 5.74) is 4.32. The lowest BCUT2D eigenvalue weighted by Gasteiger charge is -2.44. The number of thioether (sulfide) groups is 2. The molecular formula is C36H35N3O2S2. The van der Waals surface area contributed by atoms with Crippen LogP contribution >= 0.6 is 23.5 Å². The van der Waals surface area contributed by atoms with Crippen LogP contribution in [0.5, 0.6) is 0 Å². The van der Waals surface area contributed by atoms with Crippen LogP contribution < -0.4 is 26.4 Å². The van der Waals surface area contributed by atoms with Gasteiger partial charge in [-0.05, 0) is 89.0 Å². The van der Waals surface area contributed by atoms with Gasteiger partial charge in [0.15, 0.2) is 0 Å². The van der Waals surface area contributed by atoms with Crippen LogP contribution in [-0.2, 0) is 4.79 Å². The van der Waals surface area contributed by atoms with E-state index in [0.29, 0.717) is 16.4 Å². The lowest BCUT2D eigenvalue weighted by atomic mass is 9.79. The zero-order valence-electron chi connectivity index (χ0n) is 24.3. The van der Waals surface area contributed by atoms with Gasteiger partial charge >= 0.3 is 0 Å². The van der Waals surface area contributed by atoms with Crippen molar-refractivity contribution >= 4 is 85.6 Å². The molecule has 2 fully saturated rings. The van der Waals surface area contributed by atoms with Gasteiger partial charge in [-0.25, -0.2) is 0 Å². The molecule has 2 saturated heterocycles. The van der Waals surface area contributed by atoms with Crippen LogP contribution in [0.4, 0.5) is 17.1 Å². The predicted molar refractivity (Wildman–Crippen MR) is 186 cm³/mol. The smallest absolute Gasteiger partial charge is 0.201 e. The average molecular weight is 606 g/mol. The van der Waals surface area contributed by atoms with Gasteiger partial charge in [0.1, 0.15) is 11.4 Å². The third-order valence-electron chi connectivity index (χ3n) is 9.78. The van der Waals surface area contributed by atoms with E-state index in [4.69, 9.17) is 0 Å². The van der Waals surface area contributed by atoms with Crippen molar-refractivity contribution in [2.45, 2.75) is 43.8 Å². The molecule has 4 aliphatic rings. The van der Waals surface area contributed by atoms with Gasteiger partial charge < -0.3 is 21.1 Å². The molecule has 0 saturated carbocycles. The molecule has 218 valence electrons. The molecular weight excluding hydrogens is 571 g/mol. The molecule has 0 aromatic heterocycles. The van der Waals surface area contributed by atoms with Gasteiger partial charge in [0, 0.05) is 33.2 Å². The Morgan fingerprint density at radius 3 is 2.23 bits per heavy atom. The van der Waals surface area contributed by atoms with E-state index in [1.807, 2.05) is 47.8 Å². The number of carbonyl (C=O) groups excluding carboxylic acids is 1. The molecule has 8 rings (SSSR count). The van der Waals surface area contributed by atoms with E-state index in [1.165, 1.54) is 0 Å². The van der Waals surface area contributed by atoms with Gasteiger partial charge in [0.05, 0.1) is 16.8 Å². The fourth-order valence-electron chi connectivity index (χ4n) is 7.29. The molecule has 0 bridgehead atoms. The number of nitrogens with one attached hydrogen (secondary N) is 3. The van der Waals surface area contributed by atoms with Crippen molar-refractivity contribution in [2.24, 2.45) is 0 Å². The Morgan fingerprint density at radius 2 is 1.49 bits per heavy atom. The summed E-state index contributed by atoms with van der Waals surface area (Å²) < 4.78 is 0. The molecule has 0 amide bonds. The van der Waals surface area contributed by atoms with Crippen molar-refractivity contribution < 1.29 is 9.90 Å². The quantitative estimate of drug-likeness (QED) is 0.203. The number of ketones is 1. The molecule has 0 atom stereocenters. The number of fused-ring (bicyclic) bond motifs is 1. The summed E-state index contributed by atoms with van der Waals surface area (Å²) >= 11 is 3.98. The summed E-state index contributed by atoms with van der Waals surface area (Å²) in [4.78, 5) is 14.0. The van der Waals surface area contributed by atoms with Crippen LogP contribution in [0, 0.1) is 0 Å². The second-order valence-corrected chi connectivity index (χ2v) is 15.0. The van der Waals surface area contributed by atoms with E-state index >= 15 is 0 Å². The molecule has 0 unspecified atom stereocenters. The van der Waals surface area contributed by atoms with Gasteiger partial charge in [-0.3, -0.25) is 4.79 Å². The van der Waals surface area contributed by atoms with Crippen LogP contribution in [0.15, 0.2) is 66.4 Å². The summed E-state index contributed by atoms with van der Waals surface area (Å²) in [6, 6.07) is 20.6. The Balaban J connectivity index is 1.27. The van der Waals surface area contributed by atoms with E-state index in [0.717, 1.165) is 98.1 Å². The Kier molecular flexibility index (Phi) is 6.28. The molecule has 1 aliphatic carbocycles. The van der Waals surface area contributed by atoms with Gasteiger partial charge in [0.25, 0.3) is 0 Å². The van der Waals surface area contributed by atoms with Gasteiger partial charge in [-0.2, -0.15) is 23.5 Å². The van der Waals surface area contributed by atoms with Crippen molar-refractivity contribution in [3.05, 3.63) is 82.4 Å². The third kappa shape index (κ3) is 4.26. The largest absolute Gasteiger partial charge is 0.506 e. The van der Waals surface area contributed by atoms with E-state index < -0.39 is 0 Å². The molecule has 1 spiro atoms. The molecule has 4 aromatic carbocycles. The lowest BCUT2D eigenvalue weighted by molar-refractivity contribution is -0.109. The summed E-state index contributed by atoms with van der Waals surface area (Å²) in [5, 5.41) is 28.8. The molecule has 3 aliphatic heterocycles. The highest BCUT2D eigenvalue weighted by molar-refractivity contribution is 7.99. The predicted octanol–water partition coefficient (Wildman–Crippen LogP) is 6.86. The van der Waals surface area contributed by atoms with Crippen molar-refractivity contribution in [1.82, 2.24) is 0 Å². The topological polar surface area (TPSA) is 73.4 Å². The van der Waals surface area contributed by atoms with Crippen LogP contribution in [0.2, 0.25) is 0 Å². The van der Waals surface area contributed by atoms with E-state index in [9.17, 15) is 9.90 Å². The fourth-order valence-corrected chi connectivity index (χ4v) is 9.87. The second-order valence-electron chi connectivity index (χ2n) is 12.6. The number of anilines is 3. The summed E-state index contributed by atoms with van der Waals surface area (Å²) in [6.07, 6.45) is 4.16. The summed E-state index contributed by atoms with van der Waals surface area (Å²) in [7, 11) is 0. The molecule has 0 radical (unpaired) electrons. The van der Waals surface area contributed by atoms with Crippen LogP contribution in [0.25, 0.3) is 39.3 Å². The maximum atomic E-state index is 14.0. The van der Waals surface area contributed by atoms with Gasteiger partial charge in [-0.1, -0.05) is 55.1 Å². The summed E-state index contributed by atoms with van der Waals surface area (Å²) in [5.74, 6) is 4.35. The molecule has 4 aromatic rings. The minimum atomic E-state index is -0.256. The zero-order valence-corrected chi connectivity index (χ0v) is 25.9. The van der Waals surface area contributed by atoms with Gasteiger partial charge in [-0.15, -0.1) is 0 Å². The number of Topliss-reactive ketones (excluding diaryl/α,β-unsaturated/α-hetero) is 1. The number of aliphatic hydroxyl groups is 1. The highest BCUT2D eigenvalue weighted by Crippen LogP contribution is 2.48. The number of aliphatic hydroxyl groups excluding tert-OH is 1. The van der Waals surface area contributed by atoms with Crippen LogP contribution in [0.3, 0.4) is 0 Å². The van der Waals surface area contributed by atoms with Crippen molar-refractivity contribution in [1.29, 1.82) is 0 Å². The Bertz CT molecular complexity index is 1990. The fraction of sp³-hybridized carbons (Fsp3) is 0.306. The Labute approximate surface area is 259 Å². The Hall–Kier alpha value is -3.55. The number of allylic oxidation sites excluding steroid dienone is 2. The molecule has 3 heterocycles. The molecule has 4 N–H and O–H groups in total. The van der Waals surface area contributed by atoms with E-state index in [-0.39, 0.29) is 22.7 Å². The first-order chi connectivity index (χ1) is 20.9. The number of hydrogen-bond donors (Lipinski definition) is 4. The van der Waals surface area contributed by atoms with Crippen molar-refractivity contribution in [3.8, 4) is 0 Å². The normalized spacial score (nSPS) is 21.8. The number of benzene rings is 4. The highest BCUT2D eigenvalue weighted by atomic mass is 32.2. The maximum absolute atomic E-state index is 14.0. The summed E-state index contributed by atoms with van der Waals surface area (Å²) in [6.45, 7) is 6.77. The van der Waals surface area contributed by atoms with E-state index in [2.05, 4.69) is 65.9 Å². The standard InChI is InChI=1S/C36H35N3O2S2/c1-21-24(11-9-22-5-3-7-26(28(21)22)37-35(2)13-17-42-18-14-35)30-33(40)31(34(30)41)25-12-10-23-6-4-8-27-29(23)32(25)39-36(38-27)15-19-43-20-16-36/h3-12,37-40H,1,13-20H2,2H3/b30-24+. The third-order valence-corrected chi connectivity index (χ3v) is 11.8. The zero-order chi connectivity index (χ0) is 29.3. The number of carbonyl (C=O) groups is 1. The average Bonchev–Trinajstić information content (AvgIpc) is 3.00. The molecule has 7 heteroatoms. The minimum Gasteiger partial charge on any atom is -0.506 e. The Morgan fingerprint density at radius 1 is 0.814 bits per heavy atom. The first kappa shape index (κ1) is 27.0. The molecule has 43 heavy (non-hydrogen) atoms. The number of rotatable bonds is 3. The van der Waals surface area contributed by atoms with Crippen LogP contribution in [-0.4, -0.2) is 45.1 Å². The first-order valence-electron chi connectivity index (χ1n) is 15.2. The van der Waals surface area contributed by atoms with Gasteiger partial charge in [0.2, 0.25) is 5.78 Å². The van der Waals surface area contributed by atoms with Crippen LogP contribution in [0.1, 0.15) is 38.2 Å². The van der Waals surface area contributed by atoms with E-state index in [1.54, 1.807) is 0 Å². The highest BCUT2D eigenvalue weighted by Gasteiger charge is 2.41. The van der Waals surface area contributed by atoms with Crippen molar-refractivity contribution in [3.63, 3.8) is 0 Å². The first-order valence-corrected chi connectivity index (χ1v) is 17.5. The lowest BCUT2D eigenvalue weighted by Crippen LogP contribution is -2.51. The SMILES string of the molecule is C=c1/c(=C2/C(=O)C(c3ccc4cccc5c4c3NC3(CCSCC3)N5)=C2O)ccc2cccc(NC3(C)CCSCC3)c12. The monoisotopic (exact) mass is 605 g/mol. The van der Waals surface area contributed by atoms with Crippen molar-refractivity contribution in [2.75, 3.05) is 39.0 Å².